The van der Waals surface area contributed by atoms with Gasteiger partial charge in [0, 0.05) is 18.1 Å². The zero-order chi connectivity index (χ0) is 22.7. The Morgan fingerprint density at radius 2 is 1.44 bits per heavy atom. The number of halogens is 1. The van der Waals surface area contributed by atoms with Crippen LogP contribution in [0.4, 0.5) is 4.79 Å². The van der Waals surface area contributed by atoms with Crippen molar-refractivity contribution in [2.45, 2.75) is 12.1 Å². The van der Waals surface area contributed by atoms with E-state index in [0.717, 1.165) is 14.9 Å². The molecule has 0 aromatic heterocycles. The molecule has 1 aliphatic rings. The molecule has 0 unspecified atom stereocenters. The number of amides is 4. The van der Waals surface area contributed by atoms with Gasteiger partial charge in [0.05, 0.1) is 0 Å². The fourth-order valence-corrected chi connectivity index (χ4v) is 4.29. The van der Waals surface area contributed by atoms with Crippen molar-refractivity contribution in [2.75, 3.05) is 13.6 Å². The van der Waals surface area contributed by atoms with Crippen LogP contribution in [0.1, 0.15) is 16.7 Å². The Hall–Kier alpha value is -3.45. The second-order valence-corrected chi connectivity index (χ2v) is 8.50. The van der Waals surface area contributed by atoms with Crippen LogP contribution in [0.5, 0.6) is 0 Å². The third-order valence-corrected chi connectivity index (χ3v) is 6.38. The van der Waals surface area contributed by atoms with E-state index >= 15 is 0 Å². The number of hydrogen-bond donors (Lipinski definition) is 1. The Morgan fingerprint density at radius 3 is 2.00 bits per heavy atom. The summed E-state index contributed by atoms with van der Waals surface area (Å²) in [7, 11) is 1.65. The molecule has 6 nitrogen and oxygen atoms in total. The molecule has 32 heavy (non-hydrogen) atoms. The average molecular weight is 492 g/mol. The number of nitrogens with zero attached hydrogens (tertiary/aromatic N) is 2. The number of likely N-dealkylation sites (N-methyl/N-ethyl adjacent to an activating group) is 1. The van der Waals surface area contributed by atoms with E-state index in [2.05, 4.69) is 21.2 Å². The van der Waals surface area contributed by atoms with Crippen LogP contribution in [0.15, 0.2) is 89.4 Å². The number of carbonyl (C=O) groups is 3. The zero-order valence-electron chi connectivity index (χ0n) is 17.5. The van der Waals surface area contributed by atoms with Gasteiger partial charge in [0.2, 0.25) is 5.91 Å². The van der Waals surface area contributed by atoms with Crippen LogP contribution in [0, 0.1) is 0 Å². The maximum absolute atomic E-state index is 13.7. The van der Waals surface area contributed by atoms with Gasteiger partial charge in [-0.05, 0) is 22.8 Å². The summed E-state index contributed by atoms with van der Waals surface area (Å²) in [6.07, 6.45) is 0. The van der Waals surface area contributed by atoms with Crippen molar-refractivity contribution in [2.24, 2.45) is 0 Å². The van der Waals surface area contributed by atoms with Crippen LogP contribution in [-0.4, -0.2) is 41.2 Å². The van der Waals surface area contributed by atoms with Crippen LogP contribution in [-0.2, 0) is 21.7 Å². The summed E-state index contributed by atoms with van der Waals surface area (Å²) in [5.41, 5.74) is 0.839. The number of hydrogen-bond acceptors (Lipinski definition) is 3. The molecule has 4 rings (SSSR count). The topological polar surface area (TPSA) is 69.7 Å². The predicted molar refractivity (Wildman–Crippen MR) is 125 cm³/mol. The molecular weight excluding hydrogens is 470 g/mol. The van der Waals surface area contributed by atoms with Crippen molar-refractivity contribution in [1.82, 2.24) is 15.1 Å². The monoisotopic (exact) mass is 491 g/mol. The lowest BCUT2D eigenvalue weighted by atomic mass is 9.82. The summed E-state index contributed by atoms with van der Waals surface area (Å²) in [4.78, 5) is 42.0. The molecule has 162 valence electrons. The van der Waals surface area contributed by atoms with E-state index in [-0.39, 0.29) is 12.5 Å². The smallest absolute Gasteiger partial charge is 0.326 e. The van der Waals surface area contributed by atoms with Crippen molar-refractivity contribution in [3.8, 4) is 0 Å². The molecule has 1 heterocycles. The maximum Gasteiger partial charge on any atom is 0.326 e. The fourth-order valence-electron chi connectivity index (χ4n) is 3.88. The second kappa shape index (κ2) is 8.96. The van der Waals surface area contributed by atoms with Crippen LogP contribution < -0.4 is 5.32 Å². The summed E-state index contributed by atoms with van der Waals surface area (Å²) in [6.45, 7) is 0.0133. The maximum atomic E-state index is 13.7. The molecule has 3 aromatic rings. The third kappa shape index (κ3) is 3.91. The summed E-state index contributed by atoms with van der Waals surface area (Å²) in [5, 5.41) is 2.86. The predicted octanol–water partition coefficient (Wildman–Crippen LogP) is 3.90. The Bertz CT molecular complexity index is 1110. The van der Waals surface area contributed by atoms with Gasteiger partial charge >= 0.3 is 6.03 Å². The third-order valence-electron chi connectivity index (χ3n) is 5.60. The summed E-state index contributed by atoms with van der Waals surface area (Å²) < 4.78 is 0.891. The molecule has 0 atom stereocenters. The Balaban J connectivity index is 1.61. The van der Waals surface area contributed by atoms with E-state index in [1.807, 2.05) is 60.7 Å². The molecule has 3 aromatic carbocycles. The lowest BCUT2D eigenvalue weighted by molar-refractivity contribution is -0.138. The van der Waals surface area contributed by atoms with Gasteiger partial charge < -0.3 is 10.2 Å². The Morgan fingerprint density at radius 1 is 0.906 bits per heavy atom. The number of nitrogens with one attached hydrogen (secondary N) is 1. The molecule has 1 saturated heterocycles. The molecule has 7 heteroatoms. The van der Waals surface area contributed by atoms with E-state index in [4.69, 9.17) is 0 Å². The van der Waals surface area contributed by atoms with Crippen molar-refractivity contribution in [3.63, 3.8) is 0 Å². The van der Waals surface area contributed by atoms with Gasteiger partial charge in [-0.15, -0.1) is 0 Å². The highest BCUT2D eigenvalue weighted by atomic mass is 79.9. The SMILES string of the molecule is CN(Cc1ccccc1Br)C(=O)CN1C(=O)NC(c2ccccc2)(c2ccccc2)C1=O. The van der Waals surface area contributed by atoms with Gasteiger partial charge in [-0.2, -0.15) is 0 Å². The molecular formula is C25H22BrN3O3. The molecule has 0 spiro atoms. The molecule has 1 fully saturated rings. The van der Waals surface area contributed by atoms with E-state index < -0.39 is 17.5 Å². The number of urea groups is 1. The Kier molecular flexibility index (Phi) is 6.10. The zero-order valence-corrected chi connectivity index (χ0v) is 19.1. The number of imide groups is 1. The van der Waals surface area contributed by atoms with Crippen LogP contribution in [0.2, 0.25) is 0 Å². The lowest BCUT2D eigenvalue weighted by Gasteiger charge is -2.28. The van der Waals surface area contributed by atoms with Crippen molar-refractivity contribution >= 4 is 33.8 Å². The lowest BCUT2D eigenvalue weighted by Crippen LogP contribution is -2.46. The fraction of sp³-hybridized carbons (Fsp3) is 0.160. The molecule has 0 aliphatic carbocycles. The van der Waals surface area contributed by atoms with Gasteiger partial charge in [0.1, 0.15) is 6.54 Å². The van der Waals surface area contributed by atoms with Crippen molar-refractivity contribution in [1.29, 1.82) is 0 Å². The van der Waals surface area contributed by atoms with Crippen molar-refractivity contribution < 1.29 is 14.4 Å². The minimum absolute atomic E-state index is 0.332. The summed E-state index contributed by atoms with van der Waals surface area (Å²) in [6, 6.07) is 25.2. The first-order chi connectivity index (χ1) is 15.4. The molecule has 1 N–H and O–H groups in total. The minimum atomic E-state index is -1.37. The first-order valence-electron chi connectivity index (χ1n) is 10.2. The highest BCUT2D eigenvalue weighted by molar-refractivity contribution is 9.10. The number of rotatable bonds is 6. The van der Waals surface area contributed by atoms with E-state index in [0.29, 0.717) is 17.7 Å². The largest absolute Gasteiger partial charge is 0.340 e. The van der Waals surface area contributed by atoms with E-state index in [9.17, 15) is 14.4 Å². The van der Waals surface area contributed by atoms with Gasteiger partial charge in [0.25, 0.3) is 5.91 Å². The van der Waals surface area contributed by atoms with E-state index in [1.54, 1.807) is 31.3 Å². The molecule has 4 amide bonds. The van der Waals surface area contributed by atoms with Crippen LogP contribution in [0.3, 0.4) is 0 Å². The Labute approximate surface area is 195 Å². The summed E-state index contributed by atoms with van der Waals surface area (Å²) >= 11 is 3.48. The number of carbonyl (C=O) groups excluding carboxylic acids is 3. The number of benzene rings is 3. The second-order valence-electron chi connectivity index (χ2n) is 7.64. The van der Waals surface area contributed by atoms with E-state index in [1.165, 1.54) is 4.90 Å². The highest BCUT2D eigenvalue weighted by Gasteiger charge is 2.54. The van der Waals surface area contributed by atoms with Crippen molar-refractivity contribution in [3.05, 3.63) is 106 Å². The molecule has 0 radical (unpaired) electrons. The normalized spacial score (nSPS) is 14.9. The van der Waals surface area contributed by atoms with Gasteiger partial charge in [-0.25, -0.2) is 4.79 Å². The quantitative estimate of drug-likeness (QED) is 0.531. The minimum Gasteiger partial charge on any atom is -0.340 e. The van der Waals surface area contributed by atoms with Crippen LogP contribution in [0.25, 0.3) is 0 Å². The summed E-state index contributed by atoms with van der Waals surface area (Å²) in [5.74, 6) is -0.802. The average Bonchev–Trinajstić information content (AvgIpc) is 3.07. The molecule has 1 aliphatic heterocycles. The van der Waals surface area contributed by atoms with Gasteiger partial charge in [0.15, 0.2) is 5.54 Å². The van der Waals surface area contributed by atoms with Gasteiger partial charge in [-0.1, -0.05) is 94.8 Å². The molecule has 0 bridgehead atoms. The highest BCUT2D eigenvalue weighted by Crippen LogP contribution is 2.36. The molecule has 0 saturated carbocycles. The first-order valence-corrected chi connectivity index (χ1v) is 11.0. The first kappa shape index (κ1) is 21.8. The standard InChI is InChI=1S/C25H22BrN3O3/c1-28(16-18-10-8-9-15-21(18)26)22(30)17-29-23(31)25(27-24(29)32,19-11-4-2-5-12-19)20-13-6-3-7-14-20/h2-15H,16-17H2,1H3,(H,27,32). The van der Waals surface area contributed by atoms with Crippen LogP contribution >= 0.6 is 15.9 Å². The van der Waals surface area contributed by atoms with Gasteiger partial charge in [-0.3, -0.25) is 14.5 Å².